The van der Waals surface area contributed by atoms with E-state index in [1.807, 2.05) is 11.4 Å². The van der Waals surface area contributed by atoms with Gasteiger partial charge < -0.3 is 15.5 Å². The average Bonchev–Trinajstić information content (AvgIpc) is 3.36. The molecule has 142 valence electrons. The van der Waals surface area contributed by atoms with Crippen molar-refractivity contribution in [3.8, 4) is 0 Å². The molecular formula is C18H20N4O4S. The highest BCUT2D eigenvalue weighted by Gasteiger charge is 2.34. The second-order valence-corrected chi connectivity index (χ2v) is 7.10. The molecule has 1 atom stereocenters. The highest BCUT2D eigenvalue weighted by atomic mass is 32.1. The van der Waals surface area contributed by atoms with Crippen LogP contribution in [0.25, 0.3) is 0 Å². The molecule has 0 bridgehead atoms. The predicted octanol–water partition coefficient (Wildman–Crippen LogP) is 2.49. The van der Waals surface area contributed by atoms with Gasteiger partial charge in [-0.25, -0.2) is 0 Å². The largest absolute Gasteiger partial charge is 0.383 e. The zero-order valence-corrected chi connectivity index (χ0v) is 15.4. The zero-order chi connectivity index (χ0) is 19.2. The number of hydrogen-bond acceptors (Lipinski definition) is 6. The highest BCUT2D eigenvalue weighted by molar-refractivity contribution is 7.12. The molecule has 2 N–H and O–H groups in total. The summed E-state index contributed by atoms with van der Waals surface area (Å²) in [7, 11) is 0. The van der Waals surface area contributed by atoms with Crippen LogP contribution in [0, 0.1) is 10.1 Å². The van der Waals surface area contributed by atoms with E-state index in [-0.39, 0.29) is 17.5 Å². The summed E-state index contributed by atoms with van der Waals surface area (Å²) in [6.45, 7) is 1.47. The molecule has 1 fully saturated rings. The van der Waals surface area contributed by atoms with Crippen molar-refractivity contribution < 1.29 is 14.5 Å². The van der Waals surface area contributed by atoms with Gasteiger partial charge in [-0.05, 0) is 36.4 Å². The fourth-order valence-corrected chi connectivity index (χ4v) is 3.71. The fourth-order valence-electron chi connectivity index (χ4n) is 3.04. The van der Waals surface area contributed by atoms with E-state index in [0.29, 0.717) is 30.9 Å². The van der Waals surface area contributed by atoms with E-state index < -0.39 is 11.0 Å². The van der Waals surface area contributed by atoms with E-state index in [1.165, 1.54) is 23.5 Å². The van der Waals surface area contributed by atoms with Crippen molar-refractivity contribution >= 4 is 34.5 Å². The van der Waals surface area contributed by atoms with Gasteiger partial charge in [-0.3, -0.25) is 19.7 Å². The lowest BCUT2D eigenvalue weighted by Gasteiger charge is -2.23. The molecule has 3 rings (SSSR count). The molecule has 8 nitrogen and oxygen atoms in total. The molecule has 1 saturated heterocycles. The number of likely N-dealkylation sites (tertiary alicyclic amines) is 1. The number of anilines is 1. The van der Waals surface area contributed by atoms with E-state index in [0.717, 1.165) is 12.1 Å². The Morgan fingerprint density at radius 2 is 2.00 bits per heavy atom. The maximum absolute atomic E-state index is 12.5. The Kier molecular flexibility index (Phi) is 6.02. The van der Waals surface area contributed by atoms with Gasteiger partial charge in [-0.15, -0.1) is 11.3 Å². The minimum atomic E-state index is -0.450. The number of rotatable bonds is 7. The van der Waals surface area contributed by atoms with E-state index in [4.69, 9.17) is 0 Å². The standard InChI is InChI=1S/C18H20N4O4S/c23-17(15-3-1-11-21(15)18(24)16-4-2-12-27-16)20-10-9-19-13-5-7-14(8-6-13)22(25)26/h2,4-8,12,15,19H,1,3,9-11H2,(H,20,23)/t15-/m0/s1. The highest BCUT2D eigenvalue weighted by Crippen LogP contribution is 2.22. The summed E-state index contributed by atoms with van der Waals surface area (Å²) < 4.78 is 0. The first-order valence-electron chi connectivity index (χ1n) is 8.67. The van der Waals surface area contributed by atoms with Gasteiger partial charge in [0, 0.05) is 37.5 Å². The van der Waals surface area contributed by atoms with Crippen LogP contribution < -0.4 is 10.6 Å². The number of thiophene rings is 1. The van der Waals surface area contributed by atoms with Crippen LogP contribution in [0.4, 0.5) is 11.4 Å². The zero-order valence-electron chi connectivity index (χ0n) is 14.6. The maximum Gasteiger partial charge on any atom is 0.269 e. The summed E-state index contributed by atoms with van der Waals surface area (Å²) in [5.74, 6) is -0.241. The van der Waals surface area contributed by atoms with Crippen LogP contribution in [0.2, 0.25) is 0 Å². The van der Waals surface area contributed by atoms with E-state index in [1.54, 1.807) is 23.1 Å². The molecule has 1 aromatic heterocycles. The minimum Gasteiger partial charge on any atom is -0.383 e. The van der Waals surface area contributed by atoms with Gasteiger partial charge in [0.05, 0.1) is 9.80 Å². The second-order valence-electron chi connectivity index (χ2n) is 6.16. The molecule has 2 heterocycles. The van der Waals surface area contributed by atoms with Gasteiger partial charge in [-0.2, -0.15) is 0 Å². The van der Waals surface area contributed by atoms with E-state index in [2.05, 4.69) is 10.6 Å². The van der Waals surface area contributed by atoms with Crippen molar-refractivity contribution in [2.75, 3.05) is 25.0 Å². The Labute approximate surface area is 160 Å². The molecule has 0 radical (unpaired) electrons. The summed E-state index contributed by atoms with van der Waals surface area (Å²) in [6, 6.07) is 9.26. The average molecular weight is 388 g/mol. The van der Waals surface area contributed by atoms with Crippen LogP contribution in [-0.4, -0.2) is 47.3 Å². The number of nitrogens with one attached hydrogen (secondary N) is 2. The number of nitrogens with zero attached hydrogens (tertiary/aromatic N) is 2. The lowest BCUT2D eigenvalue weighted by Crippen LogP contribution is -2.46. The van der Waals surface area contributed by atoms with Crippen molar-refractivity contribution in [2.45, 2.75) is 18.9 Å². The number of carbonyl (C=O) groups is 2. The van der Waals surface area contributed by atoms with Crippen LogP contribution in [0.3, 0.4) is 0 Å². The Hall–Kier alpha value is -2.94. The van der Waals surface area contributed by atoms with Gasteiger partial charge in [-0.1, -0.05) is 6.07 Å². The number of benzene rings is 1. The first-order valence-corrected chi connectivity index (χ1v) is 9.55. The van der Waals surface area contributed by atoms with Gasteiger partial charge >= 0.3 is 0 Å². The van der Waals surface area contributed by atoms with Crippen LogP contribution in [0.15, 0.2) is 41.8 Å². The van der Waals surface area contributed by atoms with Crippen molar-refractivity contribution in [3.63, 3.8) is 0 Å². The molecule has 9 heteroatoms. The third-order valence-electron chi connectivity index (χ3n) is 4.38. The van der Waals surface area contributed by atoms with E-state index >= 15 is 0 Å². The Bertz CT molecular complexity index is 807. The van der Waals surface area contributed by atoms with Crippen LogP contribution in [0.5, 0.6) is 0 Å². The van der Waals surface area contributed by atoms with Gasteiger partial charge in [0.2, 0.25) is 5.91 Å². The number of nitro groups is 1. The Balaban J connectivity index is 1.46. The lowest BCUT2D eigenvalue weighted by molar-refractivity contribution is -0.384. The predicted molar refractivity (Wildman–Crippen MR) is 103 cm³/mol. The summed E-state index contributed by atoms with van der Waals surface area (Å²) in [5, 5.41) is 18.4. The SMILES string of the molecule is O=C(NCCNc1ccc([N+](=O)[O-])cc1)[C@@H]1CCCN1C(=O)c1cccs1. The quantitative estimate of drug-likeness (QED) is 0.431. The number of hydrogen-bond donors (Lipinski definition) is 2. The summed E-state index contributed by atoms with van der Waals surface area (Å²) in [6.07, 6.45) is 1.48. The van der Waals surface area contributed by atoms with E-state index in [9.17, 15) is 19.7 Å². The number of carbonyl (C=O) groups excluding carboxylic acids is 2. The third-order valence-corrected chi connectivity index (χ3v) is 5.24. The molecule has 1 aliphatic rings. The van der Waals surface area contributed by atoms with Crippen molar-refractivity contribution in [2.24, 2.45) is 0 Å². The second kappa shape index (κ2) is 8.63. The summed E-state index contributed by atoms with van der Waals surface area (Å²) >= 11 is 1.38. The summed E-state index contributed by atoms with van der Waals surface area (Å²) in [4.78, 5) is 37.4. The molecule has 2 aromatic rings. The Morgan fingerprint density at radius 1 is 1.22 bits per heavy atom. The third kappa shape index (κ3) is 4.62. The van der Waals surface area contributed by atoms with Crippen LogP contribution >= 0.6 is 11.3 Å². The van der Waals surface area contributed by atoms with Gasteiger partial charge in [0.15, 0.2) is 0 Å². The minimum absolute atomic E-state index is 0.0329. The van der Waals surface area contributed by atoms with Gasteiger partial charge in [0.1, 0.15) is 6.04 Å². The fraction of sp³-hybridized carbons (Fsp3) is 0.333. The lowest BCUT2D eigenvalue weighted by atomic mass is 10.2. The first-order chi connectivity index (χ1) is 13.1. The van der Waals surface area contributed by atoms with Crippen molar-refractivity contribution in [3.05, 3.63) is 56.8 Å². The molecule has 27 heavy (non-hydrogen) atoms. The Morgan fingerprint density at radius 3 is 2.67 bits per heavy atom. The maximum atomic E-state index is 12.5. The molecular weight excluding hydrogens is 368 g/mol. The first kappa shape index (κ1) is 18.8. The van der Waals surface area contributed by atoms with Crippen LogP contribution in [-0.2, 0) is 4.79 Å². The monoisotopic (exact) mass is 388 g/mol. The van der Waals surface area contributed by atoms with Crippen LogP contribution in [0.1, 0.15) is 22.5 Å². The molecule has 0 aliphatic carbocycles. The topological polar surface area (TPSA) is 105 Å². The number of nitro benzene ring substituents is 1. The van der Waals surface area contributed by atoms with Crippen molar-refractivity contribution in [1.82, 2.24) is 10.2 Å². The normalized spacial score (nSPS) is 16.1. The summed E-state index contributed by atoms with van der Waals surface area (Å²) in [5.41, 5.74) is 0.774. The van der Waals surface area contributed by atoms with Crippen molar-refractivity contribution in [1.29, 1.82) is 0 Å². The molecule has 1 aliphatic heterocycles. The molecule has 1 aromatic carbocycles. The number of amides is 2. The molecule has 0 unspecified atom stereocenters. The molecule has 0 saturated carbocycles. The molecule has 0 spiro atoms. The van der Waals surface area contributed by atoms with Gasteiger partial charge in [0.25, 0.3) is 11.6 Å². The molecule has 2 amide bonds. The smallest absolute Gasteiger partial charge is 0.269 e. The number of non-ortho nitro benzene ring substituents is 1.